The Bertz CT molecular complexity index is 925. The summed E-state index contributed by atoms with van der Waals surface area (Å²) in [5.41, 5.74) is 2.01. The second-order valence-corrected chi connectivity index (χ2v) is 6.87. The third kappa shape index (κ3) is 5.99. The van der Waals surface area contributed by atoms with Crippen molar-refractivity contribution in [1.82, 2.24) is 4.90 Å². The van der Waals surface area contributed by atoms with Crippen molar-refractivity contribution < 1.29 is 18.9 Å². The van der Waals surface area contributed by atoms with E-state index in [4.69, 9.17) is 5.26 Å². The van der Waals surface area contributed by atoms with Gasteiger partial charge in [-0.15, -0.1) is 0 Å². The topological polar surface area (TPSA) is 77.6 Å². The fourth-order valence-corrected chi connectivity index (χ4v) is 3.13. The van der Waals surface area contributed by atoms with Crippen molar-refractivity contribution in [3.63, 3.8) is 0 Å². The Hall–Kier alpha value is -3.50. The Morgan fingerprint density at radius 1 is 1.10 bits per heavy atom. The molecule has 148 valence electrons. The molecule has 0 unspecified atom stereocenters. The van der Waals surface area contributed by atoms with Crippen molar-refractivity contribution >= 4 is 23.6 Å². The monoisotopic (exact) mass is 393 g/mol. The number of benzene rings is 2. The number of nitrogens with zero attached hydrogens (tertiary/aromatic N) is 2. The SMILES string of the molecule is N#Cc1ccc(/C=C/C(=O)N2CC[NH+](CC(=O)Nc3ccc(F)cc3)CC2)cc1. The lowest BCUT2D eigenvalue weighted by atomic mass is 10.1. The number of nitriles is 1. The van der Waals surface area contributed by atoms with E-state index in [1.54, 1.807) is 35.2 Å². The molecule has 1 aliphatic rings. The molecule has 7 heteroatoms. The molecular formula is C22H22FN4O2+. The first kappa shape index (κ1) is 20.2. The number of hydrogen-bond acceptors (Lipinski definition) is 3. The van der Waals surface area contributed by atoms with E-state index in [2.05, 4.69) is 11.4 Å². The van der Waals surface area contributed by atoms with Gasteiger partial charge in [0.05, 0.1) is 37.8 Å². The summed E-state index contributed by atoms with van der Waals surface area (Å²) in [6.07, 6.45) is 3.27. The van der Waals surface area contributed by atoms with Crippen molar-refractivity contribution in [3.8, 4) is 6.07 Å². The number of rotatable bonds is 5. The maximum atomic E-state index is 12.9. The van der Waals surface area contributed by atoms with Crippen LogP contribution in [0.15, 0.2) is 54.6 Å². The minimum atomic E-state index is -0.345. The van der Waals surface area contributed by atoms with Crippen LogP contribution in [0.4, 0.5) is 10.1 Å². The molecule has 1 saturated heterocycles. The van der Waals surface area contributed by atoms with E-state index in [-0.39, 0.29) is 17.6 Å². The maximum absolute atomic E-state index is 12.9. The van der Waals surface area contributed by atoms with Gasteiger partial charge < -0.3 is 15.1 Å². The Kier molecular flexibility index (Phi) is 6.72. The Balaban J connectivity index is 1.43. The molecule has 2 aromatic rings. The van der Waals surface area contributed by atoms with Crippen LogP contribution in [-0.4, -0.2) is 49.4 Å². The zero-order valence-electron chi connectivity index (χ0n) is 15.9. The zero-order chi connectivity index (χ0) is 20.6. The van der Waals surface area contributed by atoms with Gasteiger partial charge in [-0.25, -0.2) is 4.39 Å². The van der Waals surface area contributed by atoms with Gasteiger partial charge in [0.1, 0.15) is 5.82 Å². The fraction of sp³-hybridized carbons (Fsp3) is 0.227. The summed E-state index contributed by atoms with van der Waals surface area (Å²) >= 11 is 0. The molecule has 29 heavy (non-hydrogen) atoms. The van der Waals surface area contributed by atoms with Gasteiger partial charge in [0.15, 0.2) is 6.54 Å². The largest absolute Gasteiger partial charge is 0.328 e. The number of nitrogens with one attached hydrogen (secondary N) is 2. The molecule has 0 atom stereocenters. The number of hydrogen-bond donors (Lipinski definition) is 2. The molecule has 0 spiro atoms. The van der Waals surface area contributed by atoms with E-state index in [0.29, 0.717) is 44.0 Å². The van der Waals surface area contributed by atoms with Crippen LogP contribution < -0.4 is 10.2 Å². The summed E-state index contributed by atoms with van der Waals surface area (Å²) in [5, 5.41) is 11.6. The predicted octanol–water partition coefficient (Wildman–Crippen LogP) is 1.08. The first-order valence-electron chi connectivity index (χ1n) is 9.39. The molecule has 0 bridgehead atoms. The van der Waals surface area contributed by atoms with E-state index in [9.17, 15) is 14.0 Å². The van der Waals surface area contributed by atoms with Crippen molar-refractivity contribution in [3.05, 3.63) is 71.6 Å². The average Bonchev–Trinajstić information content (AvgIpc) is 2.74. The lowest BCUT2D eigenvalue weighted by molar-refractivity contribution is -0.895. The van der Waals surface area contributed by atoms with Gasteiger partial charge in [-0.05, 0) is 48.0 Å². The number of carbonyl (C=O) groups excluding carboxylic acids is 2. The van der Waals surface area contributed by atoms with Gasteiger partial charge in [0.25, 0.3) is 5.91 Å². The molecular weight excluding hydrogens is 371 g/mol. The van der Waals surface area contributed by atoms with Gasteiger partial charge in [-0.1, -0.05) is 12.1 Å². The minimum Gasteiger partial charge on any atom is -0.328 e. The molecule has 1 aliphatic heterocycles. The highest BCUT2D eigenvalue weighted by Gasteiger charge is 2.24. The number of carbonyl (C=O) groups is 2. The highest BCUT2D eigenvalue weighted by Crippen LogP contribution is 2.08. The molecule has 3 rings (SSSR count). The molecule has 2 amide bonds. The normalized spacial score (nSPS) is 14.6. The molecule has 0 saturated carbocycles. The fourth-order valence-electron chi connectivity index (χ4n) is 3.13. The average molecular weight is 393 g/mol. The Morgan fingerprint density at radius 2 is 1.76 bits per heavy atom. The highest BCUT2D eigenvalue weighted by atomic mass is 19.1. The third-order valence-electron chi connectivity index (χ3n) is 4.78. The van der Waals surface area contributed by atoms with E-state index < -0.39 is 0 Å². The Morgan fingerprint density at radius 3 is 2.38 bits per heavy atom. The van der Waals surface area contributed by atoms with Crippen LogP contribution >= 0.6 is 0 Å². The number of quaternary nitrogens is 1. The van der Waals surface area contributed by atoms with Crippen LogP contribution in [0.3, 0.4) is 0 Å². The second-order valence-electron chi connectivity index (χ2n) is 6.87. The van der Waals surface area contributed by atoms with Crippen molar-refractivity contribution in [2.45, 2.75) is 0 Å². The van der Waals surface area contributed by atoms with E-state index in [1.807, 2.05) is 0 Å². The van der Waals surface area contributed by atoms with Gasteiger partial charge in [0.2, 0.25) is 5.91 Å². The number of halogens is 1. The standard InChI is InChI=1S/C22H21FN4O2/c23-19-6-8-20(9-7-19)25-21(28)16-26-11-13-27(14-12-26)22(29)10-5-17-1-3-18(15-24)4-2-17/h1-10H,11-14,16H2,(H,25,28)/p+1/b10-5+. The van der Waals surface area contributed by atoms with Crippen LogP contribution in [0.5, 0.6) is 0 Å². The van der Waals surface area contributed by atoms with Crippen LogP contribution in [-0.2, 0) is 9.59 Å². The summed E-state index contributed by atoms with van der Waals surface area (Å²) in [6.45, 7) is 2.84. The number of anilines is 1. The molecule has 2 N–H and O–H groups in total. The number of amides is 2. The lowest BCUT2D eigenvalue weighted by Gasteiger charge is -2.31. The van der Waals surface area contributed by atoms with Crippen LogP contribution in [0.1, 0.15) is 11.1 Å². The molecule has 1 heterocycles. The lowest BCUT2D eigenvalue weighted by Crippen LogP contribution is -3.15. The van der Waals surface area contributed by atoms with Gasteiger partial charge >= 0.3 is 0 Å². The molecule has 1 fully saturated rings. The van der Waals surface area contributed by atoms with Crippen molar-refractivity contribution in [2.24, 2.45) is 0 Å². The van der Waals surface area contributed by atoms with Crippen LogP contribution in [0.2, 0.25) is 0 Å². The summed E-state index contributed by atoms with van der Waals surface area (Å²) < 4.78 is 12.9. The van der Waals surface area contributed by atoms with E-state index in [1.165, 1.54) is 30.3 Å². The van der Waals surface area contributed by atoms with E-state index >= 15 is 0 Å². The summed E-state index contributed by atoms with van der Waals surface area (Å²) in [7, 11) is 0. The molecule has 0 aromatic heterocycles. The molecule has 0 aliphatic carbocycles. The smallest absolute Gasteiger partial charge is 0.279 e. The summed E-state index contributed by atoms with van der Waals surface area (Å²) in [4.78, 5) is 27.4. The predicted molar refractivity (Wildman–Crippen MR) is 107 cm³/mol. The summed E-state index contributed by atoms with van der Waals surface area (Å²) in [6, 6.07) is 14.7. The zero-order valence-corrected chi connectivity index (χ0v) is 15.9. The van der Waals surface area contributed by atoms with Crippen molar-refractivity contribution in [2.75, 3.05) is 38.0 Å². The first-order valence-corrected chi connectivity index (χ1v) is 9.39. The molecule has 2 aromatic carbocycles. The second kappa shape index (κ2) is 9.62. The van der Waals surface area contributed by atoms with Gasteiger partial charge in [0, 0.05) is 11.8 Å². The maximum Gasteiger partial charge on any atom is 0.279 e. The quantitative estimate of drug-likeness (QED) is 0.747. The van der Waals surface area contributed by atoms with Gasteiger partial charge in [-0.2, -0.15) is 5.26 Å². The summed E-state index contributed by atoms with van der Waals surface area (Å²) in [5.74, 6) is -0.543. The van der Waals surface area contributed by atoms with Crippen LogP contribution in [0.25, 0.3) is 6.08 Å². The highest BCUT2D eigenvalue weighted by molar-refractivity contribution is 5.92. The molecule has 0 radical (unpaired) electrons. The van der Waals surface area contributed by atoms with Crippen molar-refractivity contribution in [1.29, 1.82) is 5.26 Å². The van der Waals surface area contributed by atoms with E-state index in [0.717, 1.165) is 10.5 Å². The Labute approximate surface area is 168 Å². The van der Waals surface area contributed by atoms with Crippen LogP contribution in [0, 0.1) is 17.1 Å². The minimum absolute atomic E-state index is 0.0656. The third-order valence-corrected chi connectivity index (χ3v) is 4.78. The number of piperazine rings is 1. The van der Waals surface area contributed by atoms with Gasteiger partial charge in [-0.3, -0.25) is 9.59 Å². The first-order chi connectivity index (χ1) is 14.0. The molecule has 6 nitrogen and oxygen atoms in total.